The number of nitrogens with one attached hydrogen (secondary N) is 1. The molecule has 3 N–H and O–H groups in total. The average Bonchev–Trinajstić information content (AvgIpc) is 3.13. The molecule has 0 radical (unpaired) electrons. The van der Waals surface area contributed by atoms with E-state index in [1.165, 1.54) is 10.4 Å². The van der Waals surface area contributed by atoms with Crippen LogP contribution in [-0.2, 0) is 15.4 Å². The van der Waals surface area contributed by atoms with Crippen LogP contribution in [0.3, 0.4) is 0 Å². The Morgan fingerprint density at radius 3 is 2.20 bits per heavy atom. The Bertz CT molecular complexity index is 1040. The lowest BCUT2D eigenvalue weighted by atomic mass is 9.87. The highest BCUT2D eigenvalue weighted by molar-refractivity contribution is 7.91. The Kier molecular flexibility index (Phi) is 6.35. The fraction of sp³-hybridized carbons (Fsp3) is 0.429. The van der Waals surface area contributed by atoms with E-state index in [1.807, 2.05) is 12.1 Å². The molecule has 1 aromatic carbocycles. The number of carbonyl (C=O) groups is 2. The minimum absolute atomic E-state index is 0.00440. The molecule has 0 atom stereocenters. The van der Waals surface area contributed by atoms with Crippen LogP contribution in [0.15, 0.2) is 34.5 Å². The summed E-state index contributed by atoms with van der Waals surface area (Å²) in [6.07, 6.45) is 2.61. The fourth-order valence-electron chi connectivity index (χ4n) is 3.30. The van der Waals surface area contributed by atoms with Gasteiger partial charge >= 0.3 is 0 Å². The molecule has 2 amide bonds. The van der Waals surface area contributed by atoms with E-state index in [2.05, 4.69) is 26.1 Å². The topological polar surface area (TPSA) is 110 Å². The average molecular weight is 450 g/mol. The van der Waals surface area contributed by atoms with Gasteiger partial charge in [-0.1, -0.05) is 39.3 Å². The van der Waals surface area contributed by atoms with Gasteiger partial charge in [-0.3, -0.25) is 9.59 Å². The van der Waals surface area contributed by atoms with Crippen LogP contribution in [0, 0.1) is 0 Å². The zero-order chi connectivity index (χ0) is 22.1. The molecular weight excluding hydrogens is 422 g/mol. The molecule has 2 heterocycles. The molecule has 1 fully saturated rings. The molecule has 0 unspecified atom stereocenters. The zero-order valence-electron chi connectivity index (χ0n) is 17.4. The van der Waals surface area contributed by atoms with Gasteiger partial charge < -0.3 is 11.1 Å². The third-order valence-corrected chi connectivity index (χ3v) is 8.52. The second kappa shape index (κ2) is 8.49. The number of thiophene rings is 1. The van der Waals surface area contributed by atoms with Crippen LogP contribution in [0.2, 0.25) is 0 Å². The highest BCUT2D eigenvalue weighted by Crippen LogP contribution is 2.34. The Morgan fingerprint density at radius 1 is 1.07 bits per heavy atom. The fourth-order valence-corrected chi connectivity index (χ4v) is 6.34. The number of hydrogen-bond acceptors (Lipinski definition) is 5. The van der Waals surface area contributed by atoms with Gasteiger partial charge in [-0.15, -0.1) is 11.3 Å². The van der Waals surface area contributed by atoms with E-state index in [0.717, 1.165) is 36.2 Å². The van der Waals surface area contributed by atoms with Crippen molar-refractivity contribution in [2.24, 2.45) is 5.73 Å². The van der Waals surface area contributed by atoms with Gasteiger partial charge in [0.25, 0.3) is 21.8 Å². The second-order valence-corrected chi connectivity index (χ2v) is 11.6. The lowest BCUT2D eigenvalue weighted by molar-refractivity contribution is 0.100. The Labute approximate surface area is 181 Å². The molecule has 162 valence electrons. The maximum atomic E-state index is 12.9. The van der Waals surface area contributed by atoms with E-state index in [-0.39, 0.29) is 20.2 Å². The number of sulfonamides is 1. The van der Waals surface area contributed by atoms with Crippen molar-refractivity contribution in [2.75, 3.05) is 18.4 Å². The molecule has 9 heteroatoms. The van der Waals surface area contributed by atoms with Crippen molar-refractivity contribution in [2.45, 2.75) is 49.7 Å². The second-order valence-electron chi connectivity index (χ2n) is 8.42. The van der Waals surface area contributed by atoms with E-state index in [1.54, 1.807) is 12.1 Å². The van der Waals surface area contributed by atoms with Gasteiger partial charge in [-0.2, -0.15) is 4.31 Å². The quantitative estimate of drug-likeness (QED) is 0.727. The number of amides is 2. The van der Waals surface area contributed by atoms with Crippen LogP contribution < -0.4 is 11.1 Å². The van der Waals surface area contributed by atoms with Crippen LogP contribution in [0.5, 0.6) is 0 Å². The van der Waals surface area contributed by atoms with E-state index < -0.39 is 21.8 Å². The number of hydrogen-bond donors (Lipinski definition) is 2. The Hall–Kier alpha value is -2.23. The van der Waals surface area contributed by atoms with Crippen molar-refractivity contribution in [3.8, 4) is 0 Å². The number of rotatable bonds is 5. The molecule has 0 aliphatic carbocycles. The van der Waals surface area contributed by atoms with E-state index in [9.17, 15) is 18.0 Å². The van der Waals surface area contributed by atoms with E-state index in [4.69, 9.17) is 5.73 Å². The van der Waals surface area contributed by atoms with E-state index >= 15 is 0 Å². The first-order valence-electron chi connectivity index (χ1n) is 9.86. The monoisotopic (exact) mass is 449 g/mol. The number of anilines is 1. The molecule has 0 spiro atoms. The molecule has 1 saturated heterocycles. The summed E-state index contributed by atoms with van der Waals surface area (Å²) < 4.78 is 27.3. The molecule has 0 bridgehead atoms. The highest BCUT2D eigenvalue weighted by atomic mass is 32.2. The summed E-state index contributed by atoms with van der Waals surface area (Å²) in [5.41, 5.74) is 6.89. The number of nitrogens with zero attached hydrogens (tertiary/aromatic N) is 1. The van der Waals surface area contributed by atoms with Crippen molar-refractivity contribution in [3.05, 3.63) is 47.0 Å². The van der Waals surface area contributed by atoms with Crippen molar-refractivity contribution in [1.29, 1.82) is 0 Å². The first-order chi connectivity index (χ1) is 14.0. The lowest BCUT2D eigenvalue weighted by Gasteiger charge is -2.25. The van der Waals surface area contributed by atoms with Crippen LogP contribution in [0.25, 0.3) is 0 Å². The molecule has 1 aliphatic rings. The van der Waals surface area contributed by atoms with Crippen molar-refractivity contribution < 1.29 is 18.0 Å². The van der Waals surface area contributed by atoms with Gasteiger partial charge in [0.05, 0.1) is 5.56 Å². The van der Waals surface area contributed by atoms with Crippen LogP contribution in [0.1, 0.15) is 66.3 Å². The summed E-state index contributed by atoms with van der Waals surface area (Å²) >= 11 is 0.856. The molecule has 3 rings (SSSR count). The molecule has 0 saturated carbocycles. The number of nitrogens with two attached hydrogens (primary N) is 1. The first kappa shape index (κ1) is 22.5. The van der Waals surface area contributed by atoms with Crippen LogP contribution in [-0.4, -0.2) is 37.6 Å². The molecule has 7 nitrogen and oxygen atoms in total. The summed E-state index contributed by atoms with van der Waals surface area (Å²) in [5, 5.41) is 2.80. The van der Waals surface area contributed by atoms with Gasteiger partial charge in [-0.05, 0) is 42.0 Å². The van der Waals surface area contributed by atoms with Gasteiger partial charge in [0, 0.05) is 18.7 Å². The Balaban J connectivity index is 1.87. The SMILES string of the molecule is CC(C)(C)c1ccc(C(=O)Nc2sc(S(=O)(=O)N3CCCCC3)cc2C(N)=O)cc1. The number of primary amides is 1. The third kappa shape index (κ3) is 4.74. The third-order valence-electron chi connectivity index (χ3n) is 5.12. The summed E-state index contributed by atoms with van der Waals surface area (Å²) in [7, 11) is -3.73. The van der Waals surface area contributed by atoms with Crippen LogP contribution >= 0.6 is 11.3 Å². The first-order valence-corrected chi connectivity index (χ1v) is 12.1. The van der Waals surface area contributed by atoms with E-state index in [0.29, 0.717) is 18.7 Å². The molecule has 1 aliphatic heterocycles. The minimum Gasteiger partial charge on any atom is -0.366 e. The number of carbonyl (C=O) groups excluding carboxylic acids is 2. The largest absolute Gasteiger partial charge is 0.366 e. The predicted octanol–water partition coefficient (Wildman–Crippen LogP) is 3.57. The van der Waals surface area contributed by atoms with Gasteiger partial charge in [0.1, 0.15) is 9.21 Å². The standard InChI is InChI=1S/C21H27N3O4S2/c1-21(2,3)15-9-7-14(8-10-15)19(26)23-20-16(18(22)25)13-17(29-20)30(27,28)24-11-5-4-6-12-24/h7-10,13H,4-6,11-12H2,1-3H3,(H2,22,25)(H,23,26). The zero-order valence-corrected chi connectivity index (χ0v) is 19.0. The van der Waals surface area contributed by atoms with Gasteiger partial charge in [0.15, 0.2) is 0 Å². The smallest absolute Gasteiger partial charge is 0.256 e. The van der Waals surface area contributed by atoms with Gasteiger partial charge in [0.2, 0.25) is 0 Å². The Morgan fingerprint density at radius 2 is 1.67 bits per heavy atom. The summed E-state index contributed by atoms with van der Waals surface area (Å²) in [4.78, 5) is 24.6. The molecular formula is C21H27N3O4S2. The number of benzene rings is 1. The molecule has 30 heavy (non-hydrogen) atoms. The predicted molar refractivity (Wildman–Crippen MR) is 119 cm³/mol. The molecule has 2 aromatic rings. The lowest BCUT2D eigenvalue weighted by Crippen LogP contribution is -2.35. The highest BCUT2D eigenvalue weighted by Gasteiger charge is 2.30. The summed E-state index contributed by atoms with van der Waals surface area (Å²) in [5.74, 6) is -1.22. The molecule has 1 aromatic heterocycles. The number of piperidine rings is 1. The van der Waals surface area contributed by atoms with Crippen molar-refractivity contribution >= 4 is 38.2 Å². The van der Waals surface area contributed by atoms with Crippen molar-refractivity contribution in [1.82, 2.24) is 4.31 Å². The van der Waals surface area contributed by atoms with Crippen LogP contribution in [0.4, 0.5) is 5.00 Å². The maximum Gasteiger partial charge on any atom is 0.256 e. The van der Waals surface area contributed by atoms with Crippen molar-refractivity contribution in [3.63, 3.8) is 0 Å². The summed E-state index contributed by atoms with van der Waals surface area (Å²) in [6.45, 7) is 7.15. The maximum absolute atomic E-state index is 12.9. The van der Waals surface area contributed by atoms with Gasteiger partial charge in [-0.25, -0.2) is 8.42 Å². The summed E-state index contributed by atoms with van der Waals surface area (Å²) in [6, 6.07) is 8.43. The normalized spacial score (nSPS) is 15.7. The minimum atomic E-state index is -3.73.